The predicted molar refractivity (Wildman–Crippen MR) is 75.4 cm³/mol. The van der Waals surface area contributed by atoms with E-state index in [0.29, 0.717) is 6.04 Å². The summed E-state index contributed by atoms with van der Waals surface area (Å²) in [6.45, 7) is 3.17. The van der Waals surface area contributed by atoms with Gasteiger partial charge in [-0.2, -0.15) is 0 Å². The molecule has 1 heterocycles. The first-order valence-electron chi connectivity index (χ1n) is 6.45. The fraction of sp³-hybridized carbons (Fsp3) is 0.571. The van der Waals surface area contributed by atoms with Gasteiger partial charge in [-0.1, -0.05) is 17.7 Å². The third-order valence-corrected chi connectivity index (χ3v) is 3.92. The van der Waals surface area contributed by atoms with E-state index < -0.39 is 0 Å². The number of likely N-dealkylation sites (N-methyl/N-ethyl adjacent to an activating group) is 1. The van der Waals surface area contributed by atoms with E-state index in [9.17, 15) is 0 Å². The van der Waals surface area contributed by atoms with Crippen LogP contribution in [0.15, 0.2) is 18.2 Å². The van der Waals surface area contributed by atoms with Gasteiger partial charge in [0.2, 0.25) is 0 Å². The van der Waals surface area contributed by atoms with E-state index in [2.05, 4.69) is 16.3 Å². The van der Waals surface area contributed by atoms with Gasteiger partial charge in [0.1, 0.15) is 5.75 Å². The predicted octanol–water partition coefficient (Wildman–Crippen LogP) is 2.53. The standard InChI is InChI=1S/C14H21ClN2O/c1-16-12-4-3-7-17(10-12)9-11-5-6-13(18-2)8-14(11)15/h5-6,8,12,16H,3-4,7,9-10H2,1-2H3. The molecule has 3 nitrogen and oxygen atoms in total. The molecule has 0 spiro atoms. The molecule has 1 N–H and O–H groups in total. The maximum atomic E-state index is 6.28. The molecular formula is C14H21ClN2O. The summed E-state index contributed by atoms with van der Waals surface area (Å²) < 4.78 is 5.17. The van der Waals surface area contributed by atoms with E-state index in [1.807, 2.05) is 19.2 Å². The van der Waals surface area contributed by atoms with Crippen LogP contribution in [-0.4, -0.2) is 38.2 Å². The fourth-order valence-corrected chi connectivity index (χ4v) is 2.69. The van der Waals surface area contributed by atoms with Crippen LogP contribution in [0.4, 0.5) is 0 Å². The highest BCUT2D eigenvalue weighted by atomic mass is 35.5. The molecular weight excluding hydrogens is 248 g/mol. The maximum Gasteiger partial charge on any atom is 0.120 e. The summed E-state index contributed by atoms with van der Waals surface area (Å²) in [5.74, 6) is 0.815. The van der Waals surface area contributed by atoms with Crippen molar-refractivity contribution in [2.45, 2.75) is 25.4 Å². The van der Waals surface area contributed by atoms with E-state index in [0.717, 1.165) is 30.4 Å². The molecule has 0 aromatic heterocycles. The molecule has 0 aliphatic carbocycles. The van der Waals surface area contributed by atoms with E-state index in [4.69, 9.17) is 16.3 Å². The Morgan fingerprint density at radius 1 is 1.50 bits per heavy atom. The van der Waals surface area contributed by atoms with E-state index in [1.54, 1.807) is 7.11 Å². The van der Waals surface area contributed by atoms with E-state index in [1.165, 1.54) is 18.4 Å². The van der Waals surface area contributed by atoms with Gasteiger partial charge in [-0.15, -0.1) is 0 Å². The molecule has 1 aliphatic heterocycles. The first-order valence-corrected chi connectivity index (χ1v) is 6.82. The van der Waals surface area contributed by atoms with Gasteiger partial charge in [-0.25, -0.2) is 0 Å². The Morgan fingerprint density at radius 2 is 2.33 bits per heavy atom. The summed E-state index contributed by atoms with van der Waals surface area (Å²) in [4.78, 5) is 2.46. The number of rotatable bonds is 4. The van der Waals surface area contributed by atoms with Crippen molar-refractivity contribution < 1.29 is 4.74 Å². The molecule has 1 atom stereocenters. The minimum absolute atomic E-state index is 0.607. The number of halogens is 1. The molecule has 0 amide bonds. The Hall–Kier alpha value is -0.770. The SMILES string of the molecule is CNC1CCCN(Cc2ccc(OC)cc2Cl)C1. The number of benzene rings is 1. The van der Waals surface area contributed by atoms with Crippen LogP contribution < -0.4 is 10.1 Å². The van der Waals surface area contributed by atoms with Crippen molar-refractivity contribution in [3.8, 4) is 5.75 Å². The molecule has 1 aliphatic rings. The van der Waals surface area contributed by atoms with Crippen molar-refractivity contribution in [2.75, 3.05) is 27.2 Å². The van der Waals surface area contributed by atoms with Crippen LogP contribution in [-0.2, 0) is 6.54 Å². The monoisotopic (exact) mass is 268 g/mol. The number of hydrogen-bond donors (Lipinski definition) is 1. The van der Waals surface area contributed by atoms with Crippen molar-refractivity contribution in [2.24, 2.45) is 0 Å². The molecule has 1 fully saturated rings. The van der Waals surface area contributed by atoms with Gasteiger partial charge < -0.3 is 10.1 Å². The quantitative estimate of drug-likeness (QED) is 0.908. The van der Waals surface area contributed by atoms with Gasteiger partial charge in [0, 0.05) is 24.2 Å². The van der Waals surface area contributed by atoms with E-state index in [-0.39, 0.29) is 0 Å². The normalized spacial score (nSPS) is 20.9. The minimum atomic E-state index is 0.607. The number of hydrogen-bond acceptors (Lipinski definition) is 3. The first-order chi connectivity index (χ1) is 8.72. The lowest BCUT2D eigenvalue weighted by Crippen LogP contribution is -2.43. The highest BCUT2D eigenvalue weighted by molar-refractivity contribution is 6.31. The van der Waals surface area contributed by atoms with Gasteiger partial charge in [-0.05, 0) is 44.1 Å². The van der Waals surface area contributed by atoms with Gasteiger partial charge in [0.05, 0.1) is 7.11 Å². The second-order valence-corrected chi connectivity index (χ2v) is 5.23. The van der Waals surface area contributed by atoms with Crippen LogP contribution in [0.5, 0.6) is 5.75 Å². The number of nitrogens with zero attached hydrogens (tertiary/aromatic N) is 1. The number of ether oxygens (including phenoxy) is 1. The smallest absolute Gasteiger partial charge is 0.120 e. The molecule has 0 saturated carbocycles. The third-order valence-electron chi connectivity index (χ3n) is 3.57. The number of likely N-dealkylation sites (tertiary alicyclic amines) is 1. The van der Waals surface area contributed by atoms with Crippen LogP contribution in [0.3, 0.4) is 0 Å². The van der Waals surface area contributed by atoms with E-state index >= 15 is 0 Å². The van der Waals surface area contributed by atoms with Crippen molar-refractivity contribution in [3.05, 3.63) is 28.8 Å². The van der Waals surface area contributed by atoms with Gasteiger partial charge in [-0.3, -0.25) is 4.90 Å². The first kappa shape index (κ1) is 13.7. The second kappa shape index (κ2) is 6.41. The average Bonchev–Trinajstić information content (AvgIpc) is 2.41. The molecule has 18 heavy (non-hydrogen) atoms. The summed E-state index contributed by atoms with van der Waals surface area (Å²) in [5.41, 5.74) is 1.18. The van der Waals surface area contributed by atoms with Crippen LogP contribution >= 0.6 is 11.6 Å². The Labute approximate surface area is 114 Å². The maximum absolute atomic E-state index is 6.28. The average molecular weight is 269 g/mol. The molecule has 4 heteroatoms. The van der Waals surface area contributed by atoms with Crippen LogP contribution in [0, 0.1) is 0 Å². The number of nitrogens with one attached hydrogen (secondary N) is 1. The van der Waals surface area contributed by atoms with Gasteiger partial charge in [0.15, 0.2) is 0 Å². The van der Waals surface area contributed by atoms with Gasteiger partial charge >= 0.3 is 0 Å². The summed E-state index contributed by atoms with van der Waals surface area (Å²) >= 11 is 6.28. The molecule has 2 rings (SSSR count). The molecule has 100 valence electrons. The molecule has 1 unspecified atom stereocenters. The Kier molecular flexibility index (Phi) is 4.87. The minimum Gasteiger partial charge on any atom is -0.497 e. The lowest BCUT2D eigenvalue weighted by atomic mass is 10.0. The fourth-order valence-electron chi connectivity index (χ4n) is 2.46. The molecule has 0 radical (unpaired) electrons. The highest BCUT2D eigenvalue weighted by Crippen LogP contribution is 2.24. The molecule has 1 saturated heterocycles. The molecule has 1 aromatic rings. The zero-order valence-corrected chi connectivity index (χ0v) is 11.8. The van der Waals surface area contributed by atoms with Crippen molar-refractivity contribution in [1.29, 1.82) is 0 Å². The molecule has 1 aromatic carbocycles. The zero-order chi connectivity index (χ0) is 13.0. The molecule has 0 bridgehead atoms. The lowest BCUT2D eigenvalue weighted by Gasteiger charge is -2.32. The van der Waals surface area contributed by atoms with Crippen molar-refractivity contribution >= 4 is 11.6 Å². The van der Waals surface area contributed by atoms with Crippen LogP contribution in [0.1, 0.15) is 18.4 Å². The van der Waals surface area contributed by atoms with Crippen molar-refractivity contribution in [3.63, 3.8) is 0 Å². The third kappa shape index (κ3) is 3.37. The topological polar surface area (TPSA) is 24.5 Å². The zero-order valence-electron chi connectivity index (χ0n) is 11.1. The Morgan fingerprint density at radius 3 is 3.00 bits per heavy atom. The van der Waals surface area contributed by atoms with Crippen molar-refractivity contribution in [1.82, 2.24) is 10.2 Å². The Balaban J connectivity index is 2.00. The summed E-state index contributed by atoms with van der Waals surface area (Å²) in [6, 6.07) is 6.53. The summed E-state index contributed by atoms with van der Waals surface area (Å²) in [6.07, 6.45) is 2.52. The van der Waals surface area contributed by atoms with Gasteiger partial charge in [0.25, 0.3) is 0 Å². The number of piperidine rings is 1. The largest absolute Gasteiger partial charge is 0.497 e. The Bertz CT molecular complexity index is 397. The second-order valence-electron chi connectivity index (χ2n) is 4.82. The van der Waals surface area contributed by atoms with Crippen LogP contribution in [0.2, 0.25) is 5.02 Å². The highest BCUT2D eigenvalue weighted by Gasteiger charge is 2.19. The summed E-state index contributed by atoms with van der Waals surface area (Å²) in [7, 11) is 3.70. The summed E-state index contributed by atoms with van der Waals surface area (Å²) in [5, 5.41) is 4.15. The lowest BCUT2D eigenvalue weighted by molar-refractivity contribution is 0.188. The number of methoxy groups -OCH3 is 1. The van der Waals surface area contributed by atoms with Crippen LogP contribution in [0.25, 0.3) is 0 Å².